The molecule has 0 bridgehead atoms. The molecule has 0 amide bonds. The predicted octanol–water partition coefficient (Wildman–Crippen LogP) is 0.292. The first-order valence-corrected chi connectivity index (χ1v) is 16.8. The third-order valence-corrected chi connectivity index (χ3v) is 13.9. The zero-order chi connectivity index (χ0) is 33.1. The fourth-order valence-corrected chi connectivity index (χ4v) is 11.0. The second-order valence-corrected chi connectivity index (χ2v) is 15.5. The molecule has 6 N–H and O–H groups in total. The Morgan fingerprint density at radius 1 is 1.04 bits per heavy atom. The number of carbonyl (C=O) groups excluding carboxylic acids is 2. The van der Waals surface area contributed by atoms with Gasteiger partial charge in [0.1, 0.15) is 42.2 Å². The minimum atomic E-state index is -1.59. The van der Waals surface area contributed by atoms with Crippen molar-refractivity contribution in [3.05, 3.63) is 23.3 Å². The Balaban J connectivity index is 1.06. The maximum Gasteiger partial charge on any atom is 0.336 e. The van der Waals surface area contributed by atoms with Gasteiger partial charge >= 0.3 is 5.97 Å². The van der Waals surface area contributed by atoms with Gasteiger partial charge in [0.25, 0.3) is 0 Å². The van der Waals surface area contributed by atoms with Crippen molar-refractivity contribution < 1.29 is 59.2 Å². The quantitative estimate of drug-likeness (QED) is 0.171. The van der Waals surface area contributed by atoms with E-state index in [1.807, 2.05) is 13.8 Å². The molecular weight excluding hydrogens is 600 g/mol. The molecule has 46 heavy (non-hydrogen) atoms. The molecule has 2 saturated heterocycles. The molecule has 12 nitrogen and oxygen atoms in total. The van der Waals surface area contributed by atoms with Gasteiger partial charge in [-0.15, -0.1) is 0 Å². The van der Waals surface area contributed by atoms with E-state index in [2.05, 4.69) is 6.92 Å². The topological polar surface area (TPSA) is 196 Å². The number of epoxide rings is 1. The highest BCUT2D eigenvalue weighted by Gasteiger charge is 2.81. The number of hydrogen-bond acceptors (Lipinski definition) is 12. The number of cyclic esters (lactones) is 1. The van der Waals surface area contributed by atoms with Crippen LogP contribution >= 0.6 is 0 Å². The first kappa shape index (κ1) is 32.8. The number of carbonyl (C=O) groups is 2. The number of rotatable bonds is 6. The first-order valence-electron chi connectivity index (χ1n) is 16.8. The van der Waals surface area contributed by atoms with Gasteiger partial charge in [0, 0.05) is 12.3 Å². The van der Waals surface area contributed by atoms with Crippen LogP contribution < -0.4 is 0 Å². The van der Waals surface area contributed by atoms with E-state index in [0.717, 1.165) is 24.8 Å². The number of allylic oxidation sites excluding steroid dienone is 1. The third-order valence-electron chi connectivity index (χ3n) is 13.9. The van der Waals surface area contributed by atoms with Gasteiger partial charge in [0.2, 0.25) is 0 Å². The van der Waals surface area contributed by atoms with E-state index < -0.39 is 77.5 Å². The van der Waals surface area contributed by atoms with E-state index in [1.165, 1.54) is 6.08 Å². The van der Waals surface area contributed by atoms with Gasteiger partial charge in [-0.05, 0) is 81.3 Å². The fraction of sp³-hybridized carbons (Fsp3) is 0.824. The highest BCUT2D eigenvalue weighted by atomic mass is 16.7. The first-order chi connectivity index (χ1) is 21.7. The highest BCUT2D eigenvalue weighted by Crippen LogP contribution is 2.73. The second-order valence-electron chi connectivity index (χ2n) is 15.5. The Hall–Kier alpha value is -1.74. The lowest BCUT2D eigenvalue weighted by Gasteiger charge is -2.59. The molecule has 0 radical (unpaired) electrons. The Kier molecular flexibility index (Phi) is 7.76. The number of ether oxygens (including phenoxy) is 4. The number of esters is 1. The summed E-state index contributed by atoms with van der Waals surface area (Å²) in [6, 6.07) is 0. The number of ketones is 1. The van der Waals surface area contributed by atoms with E-state index in [9.17, 15) is 40.2 Å². The monoisotopic (exact) mass is 648 g/mol. The van der Waals surface area contributed by atoms with Crippen molar-refractivity contribution in [3.63, 3.8) is 0 Å². The lowest BCUT2D eigenvalue weighted by Crippen LogP contribution is -2.65. The van der Waals surface area contributed by atoms with Crippen LogP contribution in [-0.4, -0.2) is 116 Å². The molecule has 4 aliphatic carbocycles. The van der Waals surface area contributed by atoms with Crippen molar-refractivity contribution >= 4 is 11.8 Å². The van der Waals surface area contributed by atoms with Gasteiger partial charge in [-0.3, -0.25) is 4.79 Å². The summed E-state index contributed by atoms with van der Waals surface area (Å²) in [5.74, 6) is -0.618. The molecule has 7 aliphatic rings. The Morgan fingerprint density at radius 2 is 1.76 bits per heavy atom. The van der Waals surface area contributed by atoms with Gasteiger partial charge in [-0.2, -0.15) is 0 Å². The van der Waals surface area contributed by atoms with E-state index in [-0.39, 0.29) is 47.7 Å². The average Bonchev–Trinajstić information content (AvgIpc) is 3.70. The molecule has 256 valence electrons. The van der Waals surface area contributed by atoms with E-state index in [4.69, 9.17) is 18.9 Å². The molecule has 3 heterocycles. The molecule has 0 aromatic rings. The van der Waals surface area contributed by atoms with E-state index in [0.29, 0.717) is 19.3 Å². The van der Waals surface area contributed by atoms with Crippen molar-refractivity contribution in [2.45, 2.75) is 126 Å². The van der Waals surface area contributed by atoms with E-state index in [1.54, 1.807) is 13.0 Å². The summed E-state index contributed by atoms with van der Waals surface area (Å²) >= 11 is 0. The molecule has 3 saturated carbocycles. The number of hydrogen-bond donors (Lipinski definition) is 6. The van der Waals surface area contributed by atoms with Crippen molar-refractivity contribution in [3.8, 4) is 0 Å². The summed E-state index contributed by atoms with van der Waals surface area (Å²) < 4.78 is 23.2. The standard InChI is InChI=1S/C34H48O12/c1-15-11-21(44-29(41)18(15)14-43-30-28(40)27(39)26(38)22(13-35)45-30)16(2)33(42)10-8-19-17-12-25-34(46-25)24(37)6-5-23(36)32(34,4)20(17)7-9-31(19,33)3/h5-6,16-17,19-22,24-28,30,35,37-40,42H,7-14H2,1-4H3/t16-,17+,19+,20+,21-,22-,24+,25-,26-,27+,28-,30-,31+,32+,33+,34-/m1/s1. The van der Waals surface area contributed by atoms with Gasteiger partial charge in [0.05, 0.1) is 35.9 Å². The van der Waals surface area contributed by atoms with Crippen LogP contribution in [0, 0.1) is 34.5 Å². The SMILES string of the molecule is CC1=C(CO[C@@H]2O[C@H](CO)[C@@H](O)[C@H](O)[C@H]2O)C(=O)O[C@@H]([C@@H](C)[C@@]2(O)CC[C@H]3[C@@H]4C[C@H]5O[C@]56[C@@H](O)C=CC(=O)[C@]6(C)[C@H]4CC[C@@]32C)C1. The van der Waals surface area contributed by atoms with Crippen LogP contribution in [0.2, 0.25) is 0 Å². The summed E-state index contributed by atoms with van der Waals surface area (Å²) in [7, 11) is 0. The van der Waals surface area contributed by atoms with Gasteiger partial charge in [-0.25, -0.2) is 4.79 Å². The van der Waals surface area contributed by atoms with Crippen molar-refractivity contribution in [1.82, 2.24) is 0 Å². The van der Waals surface area contributed by atoms with Gasteiger partial charge in [-0.1, -0.05) is 19.4 Å². The lowest BCUT2D eigenvalue weighted by atomic mass is 9.44. The fourth-order valence-electron chi connectivity index (χ4n) is 11.0. The maximum absolute atomic E-state index is 13.5. The van der Waals surface area contributed by atoms with Crippen LogP contribution in [0.4, 0.5) is 0 Å². The lowest BCUT2D eigenvalue weighted by molar-refractivity contribution is -0.299. The minimum Gasteiger partial charge on any atom is -0.458 e. The second kappa shape index (κ2) is 10.9. The number of fused-ring (bicyclic) bond motifs is 4. The molecule has 7 rings (SSSR count). The number of aliphatic hydroxyl groups is 6. The summed E-state index contributed by atoms with van der Waals surface area (Å²) in [4.78, 5) is 26.8. The Bertz CT molecular complexity index is 1340. The average molecular weight is 649 g/mol. The summed E-state index contributed by atoms with van der Waals surface area (Å²) in [6.07, 6.45) is -1.77. The highest BCUT2D eigenvalue weighted by molar-refractivity contribution is 5.98. The van der Waals surface area contributed by atoms with Crippen molar-refractivity contribution in [2.75, 3.05) is 13.2 Å². The summed E-state index contributed by atoms with van der Waals surface area (Å²) in [6.45, 7) is 7.01. The molecule has 0 aromatic heterocycles. The molecule has 16 atom stereocenters. The molecular formula is C34H48O12. The molecule has 0 aromatic carbocycles. The predicted molar refractivity (Wildman–Crippen MR) is 159 cm³/mol. The molecule has 3 aliphatic heterocycles. The van der Waals surface area contributed by atoms with Gasteiger partial charge in [0.15, 0.2) is 12.1 Å². The molecule has 0 unspecified atom stereocenters. The van der Waals surface area contributed by atoms with Crippen LogP contribution in [-0.2, 0) is 28.5 Å². The minimum absolute atomic E-state index is 0.0166. The summed E-state index contributed by atoms with van der Waals surface area (Å²) in [5.41, 5.74) is -2.28. The van der Waals surface area contributed by atoms with Crippen LogP contribution in [0.5, 0.6) is 0 Å². The maximum atomic E-state index is 13.5. The van der Waals surface area contributed by atoms with Gasteiger partial charge < -0.3 is 49.6 Å². The zero-order valence-corrected chi connectivity index (χ0v) is 26.9. The van der Waals surface area contributed by atoms with E-state index >= 15 is 0 Å². The third kappa shape index (κ3) is 4.18. The van der Waals surface area contributed by atoms with Crippen molar-refractivity contribution in [2.24, 2.45) is 34.5 Å². The zero-order valence-electron chi connectivity index (χ0n) is 26.9. The Labute approximate surface area is 268 Å². The largest absolute Gasteiger partial charge is 0.458 e. The van der Waals surface area contributed by atoms with Crippen molar-refractivity contribution in [1.29, 1.82) is 0 Å². The van der Waals surface area contributed by atoms with Crippen LogP contribution in [0.25, 0.3) is 0 Å². The smallest absolute Gasteiger partial charge is 0.336 e. The van der Waals surface area contributed by atoms with Crippen LogP contribution in [0.15, 0.2) is 23.3 Å². The summed E-state index contributed by atoms with van der Waals surface area (Å²) in [5, 5.41) is 63.3. The molecule has 1 spiro atoms. The molecule has 5 fully saturated rings. The molecule has 12 heteroatoms. The number of aliphatic hydroxyl groups excluding tert-OH is 5. The van der Waals surface area contributed by atoms with Crippen LogP contribution in [0.1, 0.15) is 66.2 Å². The Morgan fingerprint density at radius 3 is 2.46 bits per heavy atom. The van der Waals surface area contributed by atoms with Crippen LogP contribution in [0.3, 0.4) is 0 Å². The normalized spacial score (nSPS) is 53.6.